The minimum atomic E-state index is -0.636. The number of anilines is 1. The monoisotopic (exact) mass is 342 g/mol. The fraction of sp³-hybridized carbons (Fsp3) is 0.333. The number of amides is 1. The van der Waals surface area contributed by atoms with Gasteiger partial charge in [0, 0.05) is 18.8 Å². The number of rotatable bonds is 7. The number of aromatic nitrogens is 2. The average Bonchev–Trinajstić information content (AvgIpc) is 3.20. The van der Waals surface area contributed by atoms with Crippen LogP contribution in [0.2, 0.25) is 0 Å². The van der Waals surface area contributed by atoms with E-state index in [1.807, 2.05) is 26.0 Å². The second-order valence-corrected chi connectivity index (χ2v) is 6.23. The van der Waals surface area contributed by atoms with E-state index >= 15 is 0 Å². The summed E-state index contributed by atoms with van der Waals surface area (Å²) in [5, 5.41) is 22.7. The Morgan fingerprint density at radius 2 is 2.20 bits per heavy atom. The number of fused-ring (bicyclic) bond motifs is 1. The van der Waals surface area contributed by atoms with Crippen molar-refractivity contribution in [2.75, 3.05) is 18.5 Å². The molecule has 3 rings (SSSR count). The molecule has 25 heavy (non-hydrogen) atoms. The molecule has 1 aromatic carbocycles. The molecule has 4 N–H and O–H groups in total. The molecule has 0 bridgehead atoms. The van der Waals surface area contributed by atoms with Gasteiger partial charge in [-0.2, -0.15) is 5.10 Å². The molecule has 0 aliphatic carbocycles. The first-order valence-corrected chi connectivity index (χ1v) is 8.24. The molecule has 2 aromatic rings. The molecule has 7 heteroatoms. The summed E-state index contributed by atoms with van der Waals surface area (Å²) in [5.74, 6) is 0.368. The van der Waals surface area contributed by atoms with Crippen molar-refractivity contribution >= 4 is 23.2 Å². The predicted molar refractivity (Wildman–Crippen MR) is 96.2 cm³/mol. The van der Waals surface area contributed by atoms with Crippen LogP contribution >= 0.6 is 0 Å². The number of hydrogen-bond donors (Lipinski definition) is 4. The number of aliphatic hydroxyl groups excluding tert-OH is 1. The molecule has 2 heterocycles. The molecule has 0 radical (unpaired) electrons. The van der Waals surface area contributed by atoms with E-state index in [1.54, 1.807) is 24.4 Å². The first kappa shape index (κ1) is 17.2. The summed E-state index contributed by atoms with van der Waals surface area (Å²) in [6.07, 6.45) is 2.72. The standard InChI is InChI=1S/C18H22N4O3/c1-11(2)19-9-13(23)10-25-16-5-3-4-15-17(16)14(18(24)21-15)8-12-6-7-20-22-12/h3-8,11,13,19,23H,9-10H2,1-2H3,(H,20,22)(H,21,24)/b14-8-. The zero-order chi connectivity index (χ0) is 17.8. The number of H-pyrrole nitrogens is 1. The van der Waals surface area contributed by atoms with Crippen molar-refractivity contribution in [2.45, 2.75) is 26.0 Å². The second-order valence-electron chi connectivity index (χ2n) is 6.23. The van der Waals surface area contributed by atoms with Crippen molar-refractivity contribution in [1.82, 2.24) is 15.5 Å². The smallest absolute Gasteiger partial charge is 0.256 e. The zero-order valence-electron chi connectivity index (χ0n) is 14.2. The van der Waals surface area contributed by atoms with Crippen LogP contribution in [0, 0.1) is 0 Å². The number of carbonyl (C=O) groups is 1. The number of ether oxygens (including phenoxy) is 1. The molecule has 132 valence electrons. The summed E-state index contributed by atoms with van der Waals surface area (Å²) < 4.78 is 5.79. The summed E-state index contributed by atoms with van der Waals surface area (Å²) in [6.45, 7) is 4.62. The third kappa shape index (κ3) is 4.07. The van der Waals surface area contributed by atoms with Crippen molar-refractivity contribution in [2.24, 2.45) is 0 Å². The van der Waals surface area contributed by atoms with Gasteiger partial charge >= 0.3 is 0 Å². The van der Waals surface area contributed by atoms with Crippen LogP contribution in [0.25, 0.3) is 11.6 Å². The lowest BCUT2D eigenvalue weighted by Gasteiger charge is -2.16. The summed E-state index contributed by atoms with van der Waals surface area (Å²) in [5.41, 5.74) is 2.63. The molecule has 7 nitrogen and oxygen atoms in total. The van der Waals surface area contributed by atoms with Gasteiger partial charge in [-0.25, -0.2) is 0 Å². The predicted octanol–water partition coefficient (Wildman–Crippen LogP) is 1.64. The van der Waals surface area contributed by atoms with E-state index in [0.29, 0.717) is 35.2 Å². The summed E-state index contributed by atoms with van der Waals surface area (Å²) in [6, 6.07) is 7.50. The van der Waals surface area contributed by atoms with Gasteiger partial charge in [0.05, 0.1) is 22.5 Å². The van der Waals surface area contributed by atoms with Crippen molar-refractivity contribution < 1.29 is 14.6 Å². The molecule has 0 fully saturated rings. The highest BCUT2D eigenvalue weighted by Crippen LogP contribution is 2.39. The number of nitrogens with one attached hydrogen (secondary N) is 3. The minimum absolute atomic E-state index is 0.141. The first-order valence-electron chi connectivity index (χ1n) is 8.24. The molecule has 0 spiro atoms. The Morgan fingerprint density at radius 3 is 2.92 bits per heavy atom. The maximum absolute atomic E-state index is 12.3. The molecule has 1 amide bonds. The first-order chi connectivity index (χ1) is 12.0. The van der Waals surface area contributed by atoms with E-state index in [9.17, 15) is 9.90 Å². The molecule has 1 aromatic heterocycles. The molecule has 1 unspecified atom stereocenters. The highest BCUT2D eigenvalue weighted by molar-refractivity contribution is 6.35. The Bertz CT molecular complexity index is 769. The lowest BCUT2D eigenvalue weighted by atomic mass is 10.0. The Morgan fingerprint density at radius 1 is 1.36 bits per heavy atom. The summed E-state index contributed by atoms with van der Waals surface area (Å²) in [7, 11) is 0. The number of benzene rings is 1. The van der Waals surface area contributed by atoms with Crippen LogP contribution in [0.15, 0.2) is 30.5 Å². The van der Waals surface area contributed by atoms with Crippen LogP contribution in [0.1, 0.15) is 25.1 Å². The maximum atomic E-state index is 12.3. The number of hydrogen-bond acceptors (Lipinski definition) is 5. The molecule has 0 saturated heterocycles. The van der Waals surface area contributed by atoms with E-state index in [-0.39, 0.29) is 12.5 Å². The van der Waals surface area contributed by atoms with Gasteiger partial charge in [-0.05, 0) is 24.3 Å². The van der Waals surface area contributed by atoms with Crippen molar-refractivity contribution in [1.29, 1.82) is 0 Å². The van der Waals surface area contributed by atoms with E-state index in [2.05, 4.69) is 20.8 Å². The zero-order valence-corrected chi connectivity index (χ0v) is 14.2. The third-order valence-corrected chi connectivity index (χ3v) is 3.80. The second kappa shape index (κ2) is 7.50. The highest BCUT2D eigenvalue weighted by atomic mass is 16.5. The van der Waals surface area contributed by atoms with E-state index in [1.165, 1.54) is 0 Å². The van der Waals surface area contributed by atoms with Gasteiger partial charge in [-0.1, -0.05) is 19.9 Å². The average molecular weight is 342 g/mol. The van der Waals surface area contributed by atoms with Crippen molar-refractivity contribution in [3.05, 3.63) is 41.7 Å². The fourth-order valence-corrected chi connectivity index (χ4v) is 2.59. The van der Waals surface area contributed by atoms with Gasteiger partial charge in [0.15, 0.2) is 0 Å². The molecule has 0 saturated carbocycles. The normalized spacial score (nSPS) is 16.2. The highest BCUT2D eigenvalue weighted by Gasteiger charge is 2.28. The van der Waals surface area contributed by atoms with E-state index < -0.39 is 6.10 Å². The Balaban J connectivity index is 1.79. The molecule has 1 aliphatic heterocycles. The number of aromatic amines is 1. The molecule has 1 atom stereocenters. The van der Waals surface area contributed by atoms with Gasteiger partial charge < -0.3 is 20.5 Å². The topological polar surface area (TPSA) is 99.3 Å². The van der Waals surface area contributed by atoms with Crippen LogP contribution in [-0.2, 0) is 4.79 Å². The molecular weight excluding hydrogens is 320 g/mol. The lowest BCUT2D eigenvalue weighted by Crippen LogP contribution is -2.35. The maximum Gasteiger partial charge on any atom is 0.256 e. The van der Waals surface area contributed by atoms with Crippen molar-refractivity contribution in [3.8, 4) is 5.75 Å². The van der Waals surface area contributed by atoms with Gasteiger partial charge in [0.2, 0.25) is 0 Å². The van der Waals surface area contributed by atoms with Gasteiger partial charge in [0.25, 0.3) is 5.91 Å². The summed E-state index contributed by atoms with van der Waals surface area (Å²) >= 11 is 0. The Kier molecular flexibility index (Phi) is 5.16. The van der Waals surface area contributed by atoms with Gasteiger partial charge in [-0.3, -0.25) is 9.89 Å². The molecular formula is C18H22N4O3. The van der Waals surface area contributed by atoms with Crippen LogP contribution in [0.4, 0.5) is 5.69 Å². The SMILES string of the molecule is CC(C)NCC(O)COc1cccc2c1/C(=C/c1ccn[nH]1)C(=O)N2. The Hall–Kier alpha value is -2.64. The van der Waals surface area contributed by atoms with Crippen LogP contribution in [0.3, 0.4) is 0 Å². The van der Waals surface area contributed by atoms with Crippen LogP contribution in [-0.4, -0.2) is 46.5 Å². The van der Waals surface area contributed by atoms with Crippen LogP contribution in [0.5, 0.6) is 5.75 Å². The van der Waals surface area contributed by atoms with Gasteiger partial charge in [-0.15, -0.1) is 0 Å². The number of nitrogens with zero attached hydrogens (tertiary/aromatic N) is 1. The Labute approximate surface area is 146 Å². The third-order valence-electron chi connectivity index (χ3n) is 3.80. The number of aliphatic hydroxyl groups is 1. The quantitative estimate of drug-likeness (QED) is 0.573. The minimum Gasteiger partial charge on any atom is -0.490 e. The largest absolute Gasteiger partial charge is 0.490 e. The van der Waals surface area contributed by atoms with E-state index in [4.69, 9.17) is 4.74 Å². The van der Waals surface area contributed by atoms with E-state index in [0.717, 1.165) is 5.69 Å². The number of carbonyl (C=O) groups excluding carboxylic acids is 1. The fourth-order valence-electron chi connectivity index (χ4n) is 2.59. The van der Waals surface area contributed by atoms with Crippen molar-refractivity contribution in [3.63, 3.8) is 0 Å². The van der Waals surface area contributed by atoms with Crippen LogP contribution < -0.4 is 15.4 Å². The molecule has 1 aliphatic rings. The van der Waals surface area contributed by atoms with Gasteiger partial charge in [0.1, 0.15) is 18.5 Å². The summed E-state index contributed by atoms with van der Waals surface area (Å²) in [4.78, 5) is 12.3. The lowest BCUT2D eigenvalue weighted by molar-refractivity contribution is -0.110.